The normalized spacial score (nSPS) is 18.9. The zero-order valence-electron chi connectivity index (χ0n) is 10.9. The summed E-state index contributed by atoms with van der Waals surface area (Å²) in [5.74, 6) is 0. The molecule has 1 fully saturated rings. The lowest BCUT2D eigenvalue weighted by Crippen LogP contribution is -2.38. The fraction of sp³-hybridized carbons (Fsp3) is 0.571. The van der Waals surface area contributed by atoms with Crippen molar-refractivity contribution >= 4 is 21.6 Å². The van der Waals surface area contributed by atoms with Crippen molar-refractivity contribution < 1.29 is 18.3 Å². The van der Waals surface area contributed by atoms with Gasteiger partial charge in [0, 0.05) is 16.7 Å². The Morgan fingerprint density at radius 1 is 1.15 bits per heavy atom. The lowest BCUT2D eigenvalue weighted by atomic mass is 9.85. The SMILES string of the molecule is OC1(CNc2cc(Br)cc(C(F)(F)F)c2)CCCCC1. The summed E-state index contributed by atoms with van der Waals surface area (Å²) in [5, 5.41) is 13.3. The van der Waals surface area contributed by atoms with Crippen LogP contribution in [0.1, 0.15) is 37.7 Å². The zero-order chi connectivity index (χ0) is 14.8. The minimum atomic E-state index is -4.37. The van der Waals surface area contributed by atoms with Gasteiger partial charge in [0.15, 0.2) is 0 Å². The van der Waals surface area contributed by atoms with Gasteiger partial charge in [0.25, 0.3) is 0 Å². The molecule has 20 heavy (non-hydrogen) atoms. The fourth-order valence-electron chi connectivity index (χ4n) is 2.51. The third-order valence-electron chi connectivity index (χ3n) is 3.63. The predicted octanol–water partition coefficient (Wildman–Crippen LogP) is 4.58. The van der Waals surface area contributed by atoms with Crippen molar-refractivity contribution in [3.05, 3.63) is 28.2 Å². The second-order valence-electron chi connectivity index (χ2n) is 5.36. The van der Waals surface area contributed by atoms with E-state index < -0.39 is 17.3 Å². The van der Waals surface area contributed by atoms with Crippen LogP contribution < -0.4 is 5.32 Å². The molecule has 0 spiro atoms. The first kappa shape index (κ1) is 15.6. The van der Waals surface area contributed by atoms with Gasteiger partial charge in [0.2, 0.25) is 0 Å². The minimum absolute atomic E-state index is 0.279. The van der Waals surface area contributed by atoms with E-state index in [1.54, 1.807) is 6.07 Å². The Bertz CT molecular complexity index is 470. The molecule has 0 heterocycles. The molecule has 0 aromatic heterocycles. The summed E-state index contributed by atoms with van der Waals surface area (Å²) in [5.41, 5.74) is -1.14. The first-order valence-electron chi connectivity index (χ1n) is 6.63. The van der Waals surface area contributed by atoms with E-state index >= 15 is 0 Å². The van der Waals surface area contributed by atoms with Gasteiger partial charge in [0.05, 0.1) is 11.2 Å². The zero-order valence-corrected chi connectivity index (χ0v) is 12.5. The van der Waals surface area contributed by atoms with Crippen LogP contribution in [0, 0.1) is 0 Å². The summed E-state index contributed by atoms with van der Waals surface area (Å²) in [6.45, 7) is 0.279. The molecule has 0 atom stereocenters. The average Bonchev–Trinajstić information content (AvgIpc) is 2.36. The van der Waals surface area contributed by atoms with Crippen molar-refractivity contribution in [2.45, 2.75) is 43.9 Å². The van der Waals surface area contributed by atoms with Crippen LogP contribution in [0.2, 0.25) is 0 Å². The van der Waals surface area contributed by atoms with Crippen LogP contribution in [0.5, 0.6) is 0 Å². The maximum absolute atomic E-state index is 12.7. The molecule has 6 heteroatoms. The Morgan fingerprint density at radius 3 is 2.40 bits per heavy atom. The second-order valence-corrected chi connectivity index (χ2v) is 6.28. The lowest BCUT2D eigenvalue weighted by molar-refractivity contribution is -0.137. The van der Waals surface area contributed by atoms with Crippen LogP contribution in [-0.2, 0) is 6.18 Å². The van der Waals surface area contributed by atoms with Gasteiger partial charge >= 0.3 is 6.18 Å². The Hall–Kier alpha value is -0.750. The van der Waals surface area contributed by atoms with Gasteiger partial charge in [-0.05, 0) is 31.0 Å². The van der Waals surface area contributed by atoms with Crippen LogP contribution in [0.25, 0.3) is 0 Å². The van der Waals surface area contributed by atoms with Gasteiger partial charge in [-0.25, -0.2) is 0 Å². The van der Waals surface area contributed by atoms with E-state index in [9.17, 15) is 18.3 Å². The number of nitrogens with one attached hydrogen (secondary N) is 1. The number of rotatable bonds is 3. The molecule has 0 bridgehead atoms. The Labute approximate surface area is 124 Å². The molecule has 1 aliphatic rings. The molecular weight excluding hydrogens is 335 g/mol. The monoisotopic (exact) mass is 351 g/mol. The number of benzene rings is 1. The molecule has 112 valence electrons. The number of alkyl halides is 3. The largest absolute Gasteiger partial charge is 0.416 e. The van der Waals surface area contributed by atoms with Crippen LogP contribution >= 0.6 is 15.9 Å². The van der Waals surface area contributed by atoms with E-state index in [4.69, 9.17) is 0 Å². The number of hydrogen-bond donors (Lipinski definition) is 2. The molecule has 0 aliphatic heterocycles. The highest BCUT2D eigenvalue weighted by Crippen LogP contribution is 2.34. The van der Waals surface area contributed by atoms with Gasteiger partial charge in [0.1, 0.15) is 0 Å². The van der Waals surface area contributed by atoms with Crippen LogP contribution in [0.15, 0.2) is 22.7 Å². The van der Waals surface area contributed by atoms with Crippen LogP contribution in [0.3, 0.4) is 0 Å². The number of hydrogen-bond acceptors (Lipinski definition) is 2. The lowest BCUT2D eigenvalue weighted by Gasteiger charge is -2.32. The highest BCUT2D eigenvalue weighted by molar-refractivity contribution is 9.10. The Kier molecular flexibility index (Phi) is 4.64. The molecule has 1 aromatic rings. The summed E-state index contributed by atoms with van der Waals surface area (Å²) >= 11 is 3.08. The van der Waals surface area contributed by atoms with Gasteiger partial charge in [-0.2, -0.15) is 13.2 Å². The molecular formula is C14H17BrF3NO. The molecule has 2 N–H and O–H groups in total. The summed E-state index contributed by atoms with van der Waals surface area (Å²) < 4.78 is 38.5. The van der Waals surface area contributed by atoms with Gasteiger partial charge < -0.3 is 10.4 Å². The molecule has 0 amide bonds. The third-order valence-corrected chi connectivity index (χ3v) is 4.09. The van der Waals surface area contributed by atoms with Gasteiger partial charge in [-0.15, -0.1) is 0 Å². The Balaban J connectivity index is 2.07. The van der Waals surface area contributed by atoms with Crippen molar-refractivity contribution in [1.82, 2.24) is 0 Å². The maximum Gasteiger partial charge on any atom is 0.416 e. The summed E-state index contributed by atoms with van der Waals surface area (Å²) in [4.78, 5) is 0. The number of halogens is 4. The van der Waals surface area contributed by atoms with Crippen molar-refractivity contribution in [2.24, 2.45) is 0 Å². The molecule has 0 unspecified atom stereocenters. The molecule has 0 saturated heterocycles. The average molecular weight is 352 g/mol. The standard InChI is InChI=1S/C14H17BrF3NO/c15-11-6-10(14(16,17)18)7-12(8-11)19-9-13(20)4-2-1-3-5-13/h6-8,19-20H,1-5,9H2. The van der Waals surface area contributed by atoms with Crippen molar-refractivity contribution in [3.63, 3.8) is 0 Å². The third kappa shape index (κ3) is 4.12. The highest BCUT2D eigenvalue weighted by Gasteiger charge is 2.32. The smallest absolute Gasteiger partial charge is 0.388 e. The van der Waals surface area contributed by atoms with Crippen molar-refractivity contribution in [2.75, 3.05) is 11.9 Å². The number of aliphatic hydroxyl groups is 1. The molecule has 0 radical (unpaired) electrons. The molecule has 2 rings (SSSR count). The molecule has 1 aliphatic carbocycles. The van der Waals surface area contributed by atoms with E-state index in [-0.39, 0.29) is 6.54 Å². The van der Waals surface area contributed by atoms with Gasteiger partial charge in [-0.1, -0.05) is 35.2 Å². The van der Waals surface area contributed by atoms with Gasteiger partial charge in [-0.3, -0.25) is 0 Å². The molecule has 2 nitrogen and oxygen atoms in total. The summed E-state index contributed by atoms with van der Waals surface area (Å²) in [6, 6.07) is 3.69. The first-order valence-corrected chi connectivity index (χ1v) is 7.42. The van der Waals surface area contributed by atoms with Crippen LogP contribution in [0.4, 0.5) is 18.9 Å². The van der Waals surface area contributed by atoms with Crippen LogP contribution in [-0.4, -0.2) is 17.3 Å². The first-order chi connectivity index (χ1) is 9.28. The predicted molar refractivity (Wildman–Crippen MR) is 75.7 cm³/mol. The number of anilines is 1. The maximum atomic E-state index is 12.7. The summed E-state index contributed by atoms with van der Waals surface area (Å²) in [7, 11) is 0. The highest BCUT2D eigenvalue weighted by atomic mass is 79.9. The minimum Gasteiger partial charge on any atom is -0.388 e. The topological polar surface area (TPSA) is 32.3 Å². The fourth-order valence-corrected chi connectivity index (χ4v) is 3.00. The second kappa shape index (κ2) is 5.93. The van der Waals surface area contributed by atoms with Crippen molar-refractivity contribution in [3.8, 4) is 0 Å². The molecule has 1 saturated carbocycles. The van der Waals surface area contributed by atoms with E-state index in [0.717, 1.165) is 31.4 Å². The summed E-state index contributed by atoms with van der Waals surface area (Å²) in [6.07, 6.45) is 0.0502. The van der Waals surface area contributed by atoms with Crippen molar-refractivity contribution in [1.29, 1.82) is 0 Å². The quantitative estimate of drug-likeness (QED) is 0.835. The van der Waals surface area contributed by atoms with E-state index in [1.165, 1.54) is 0 Å². The van der Waals surface area contributed by atoms with E-state index in [2.05, 4.69) is 21.2 Å². The van der Waals surface area contributed by atoms with E-state index in [0.29, 0.717) is 23.0 Å². The van der Waals surface area contributed by atoms with E-state index in [1.807, 2.05) is 0 Å². The molecule has 1 aromatic carbocycles. The Morgan fingerprint density at radius 2 is 1.80 bits per heavy atom.